The number of benzene rings is 2. The van der Waals surface area contributed by atoms with Crippen LogP contribution in [0.5, 0.6) is 5.75 Å². The Morgan fingerprint density at radius 1 is 1.14 bits per heavy atom. The molecule has 0 aliphatic heterocycles. The number of hydrogen-bond acceptors (Lipinski definition) is 4. The Kier molecular flexibility index (Phi) is 4.82. The van der Waals surface area contributed by atoms with E-state index in [0.717, 1.165) is 5.56 Å². The topological polar surface area (TPSA) is 67.8 Å². The second-order valence-electron chi connectivity index (χ2n) is 4.86. The number of para-hydroxylation sites is 1. The van der Waals surface area contributed by atoms with Crippen LogP contribution in [-0.4, -0.2) is 21.7 Å². The number of hydrazone groups is 1. The first kappa shape index (κ1) is 16.0. The van der Waals surface area contributed by atoms with E-state index >= 15 is 0 Å². The van der Waals surface area contributed by atoms with Gasteiger partial charge in [-0.05, 0) is 37.6 Å². The molecular formula is C16H18N2O3S. The van der Waals surface area contributed by atoms with Gasteiger partial charge in [-0.1, -0.05) is 29.8 Å². The number of ether oxygens (including phenoxy) is 1. The molecule has 0 radical (unpaired) electrons. The summed E-state index contributed by atoms with van der Waals surface area (Å²) in [6.07, 6.45) is 1.42. The van der Waals surface area contributed by atoms with Crippen LogP contribution in [0, 0.1) is 13.8 Å². The molecule has 0 amide bonds. The fourth-order valence-corrected chi connectivity index (χ4v) is 3.11. The minimum Gasteiger partial charge on any atom is -0.496 e. The molecule has 0 fully saturated rings. The van der Waals surface area contributed by atoms with Crippen LogP contribution < -0.4 is 9.57 Å². The zero-order chi connectivity index (χ0) is 16.2. The largest absolute Gasteiger partial charge is 0.496 e. The highest BCUT2D eigenvalue weighted by molar-refractivity contribution is 7.89. The van der Waals surface area contributed by atoms with E-state index in [4.69, 9.17) is 4.74 Å². The molecule has 22 heavy (non-hydrogen) atoms. The molecule has 0 saturated carbocycles. The van der Waals surface area contributed by atoms with E-state index in [1.165, 1.54) is 6.21 Å². The van der Waals surface area contributed by atoms with E-state index in [9.17, 15) is 8.42 Å². The molecule has 0 aliphatic rings. The van der Waals surface area contributed by atoms with Gasteiger partial charge in [0.15, 0.2) is 0 Å². The van der Waals surface area contributed by atoms with Crippen LogP contribution in [0.4, 0.5) is 0 Å². The van der Waals surface area contributed by atoms with Crippen molar-refractivity contribution in [1.82, 2.24) is 4.83 Å². The molecule has 0 aliphatic carbocycles. The van der Waals surface area contributed by atoms with Gasteiger partial charge in [0.1, 0.15) is 5.75 Å². The van der Waals surface area contributed by atoms with Gasteiger partial charge in [-0.3, -0.25) is 0 Å². The molecule has 0 aromatic heterocycles. The smallest absolute Gasteiger partial charge is 0.276 e. The number of nitrogens with one attached hydrogen (secondary N) is 1. The summed E-state index contributed by atoms with van der Waals surface area (Å²) in [6.45, 7) is 3.67. The van der Waals surface area contributed by atoms with Crippen LogP contribution >= 0.6 is 0 Å². The third-order valence-corrected chi connectivity index (χ3v) is 4.52. The van der Waals surface area contributed by atoms with Crippen molar-refractivity contribution in [3.63, 3.8) is 0 Å². The zero-order valence-electron chi connectivity index (χ0n) is 12.7. The van der Waals surface area contributed by atoms with Crippen molar-refractivity contribution < 1.29 is 13.2 Å². The first-order chi connectivity index (χ1) is 10.4. The molecule has 6 heteroatoms. The fourth-order valence-electron chi connectivity index (χ4n) is 2.09. The molecule has 0 spiro atoms. The maximum absolute atomic E-state index is 12.3. The summed E-state index contributed by atoms with van der Waals surface area (Å²) in [5.74, 6) is 0.622. The predicted molar refractivity (Wildman–Crippen MR) is 86.8 cm³/mol. The first-order valence-electron chi connectivity index (χ1n) is 6.69. The van der Waals surface area contributed by atoms with Crippen LogP contribution in [0.3, 0.4) is 0 Å². The highest BCUT2D eigenvalue weighted by Gasteiger charge is 2.15. The molecule has 0 saturated heterocycles. The summed E-state index contributed by atoms with van der Waals surface area (Å²) in [5, 5.41) is 3.82. The Bertz CT molecular complexity index is 799. The van der Waals surface area contributed by atoms with E-state index in [-0.39, 0.29) is 4.90 Å². The first-order valence-corrected chi connectivity index (χ1v) is 8.17. The van der Waals surface area contributed by atoms with Gasteiger partial charge in [0.25, 0.3) is 10.0 Å². The Morgan fingerprint density at radius 3 is 2.55 bits per heavy atom. The number of hydrogen-bond donors (Lipinski definition) is 1. The van der Waals surface area contributed by atoms with Crippen molar-refractivity contribution in [2.24, 2.45) is 5.10 Å². The van der Waals surface area contributed by atoms with E-state index < -0.39 is 10.0 Å². The maximum Gasteiger partial charge on any atom is 0.276 e. The van der Waals surface area contributed by atoms with E-state index in [2.05, 4.69) is 9.93 Å². The van der Waals surface area contributed by atoms with E-state index in [0.29, 0.717) is 16.9 Å². The van der Waals surface area contributed by atoms with Crippen LogP contribution in [0.25, 0.3) is 0 Å². The minimum atomic E-state index is -3.69. The van der Waals surface area contributed by atoms with E-state index in [1.54, 1.807) is 38.3 Å². The van der Waals surface area contributed by atoms with Crippen molar-refractivity contribution in [3.8, 4) is 5.75 Å². The van der Waals surface area contributed by atoms with Gasteiger partial charge < -0.3 is 4.74 Å². The normalized spacial score (nSPS) is 11.6. The molecule has 0 unspecified atom stereocenters. The Labute approximate surface area is 130 Å². The number of nitrogens with zero attached hydrogens (tertiary/aromatic N) is 1. The maximum atomic E-state index is 12.3. The van der Waals surface area contributed by atoms with Gasteiger partial charge in [-0.2, -0.15) is 13.5 Å². The highest BCUT2D eigenvalue weighted by Crippen LogP contribution is 2.17. The minimum absolute atomic E-state index is 0.218. The van der Waals surface area contributed by atoms with Crippen molar-refractivity contribution in [3.05, 3.63) is 59.2 Å². The summed E-state index contributed by atoms with van der Waals surface area (Å²) in [4.78, 5) is 2.44. The molecule has 116 valence electrons. The summed E-state index contributed by atoms with van der Waals surface area (Å²) in [7, 11) is -2.14. The molecule has 0 atom stereocenters. The molecule has 2 aromatic carbocycles. The lowest BCUT2D eigenvalue weighted by Crippen LogP contribution is -2.19. The summed E-state index contributed by atoms with van der Waals surface area (Å²) in [6, 6.07) is 12.4. The van der Waals surface area contributed by atoms with E-state index in [1.807, 2.05) is 25.1 Å². The Morgan fingerprint density at radius 2 is 1.86 bits per heavy atom. The molecule has 0 heterocycles. The average molecular weight is 318 g/mol. The lowest BCUT2D eigenvalue weighted by Gasteiger charge is -2.08. The Balaban J connectivity index is 2.21. The SMILES string of the molecule is COc1ccccc1/C=N/NS(=O)(=O)c1ccc(C)cc1C. The van der Waals surface area contributed by atoms with Crippen LogP contribution in [0.15, 0.2) is 52.5 Å². The second-order valence-corrected chi connectivity index (χ2v) is 6.49. The monoisotopic (exact) mass is 318 g/mol. The standard InChI is InChI=1S/C16H18N2O3S/c1-12-8-9-16(13(2)10-12)22(19,20)18-17-11-14-6-4-5-7-15(14)21-3/h4-11,18H,1-3H3/b17-11+. The van der Waals surface area contributed by atoms with Crippen LogP contribution in [0.2, 0.25) is 0 Å². The second kappa shape index (κ2) is 6.62. The molecule has 2 aromatic rings. The number of methoxy groups -OCH3 is 1. The Hall–Kier alpha value is -2.34. The molecule has 0 bridgehead atoms. The molecular weight excluding hydrogens is 300 g/mol. The van der Waals surface area contributed by atoms with Gasteiger partial charge in [-0.15, -0.1) is 0 Å². The van der Waals surface area contributed by atoms with Crippen molar-refractivity contribution in [2.45, 2.75) is 18.7 Å². The van der Waals surface area contributed by atoms with Crippen molar-refractivity contribution in [1.29, 1.82) is 0 Å². The number of sulfonamides is 1. The average Bonchev–Trinajstić information content (AvgIpc) is 2.47. The third-order valence-electron chi connectivity index (χ3n) is 3.14. The van der Waals surface area contributed by atoms with Crippen LogP contribution in [-0.2, 0) is 10.0 Å². The third kappa shape index (κ3) is 3.65. The van der Waals surface area contributed by atoms with Gasteiger partial charge in [0.2, 0.25) is 0 Å². The summed E-state index contributed by atoms with van der Waals surface area (Å²) in [5.41, 5.74) is 2.38. The lowest BCUT2D eigenvalue weighted by atomic mass is 10.2. The molecule has 2 rings (SSSR count). The predicted octanol–water partition coefficient (Wildman–Crippen LogP) is 2.62. The zero-order valence-corrected chi connectivity index (χ0v) is 13.5. The number of aryl methyl sites for hydroxylation is 2. The van der Waals surface area contributed by atoms with Crippen molar-refractivity contribution in [2.75, 3.05) is 7.11 Å². The quantitative estimate of drug-likeness (QED) is 0.680. The summed E-state index contributed by atoms with van der Waals surface area (Å²) >= 11 is 0. The lowest BCUT2D eigenvalue weighted by molar-refractivity contribution is 0.414. The van der Waals surface area contributed by atoms with Gasteiger partial charge in [-0.25, -0.2) is 4.83 Å². The van der Waals surface area contributed by atoms with Crippen LogP contribution in [0.1, 0.15) is 16.7 Å². The van der Waals surface area contributed by atoms with Crippen molar-refractivity contribution >= 4 is 16.2 Å². The number of rotatable bonds is 5. The highest BCUT2D eigenvalue weighted by atomic mass is 32.2. The molecule has 1 N–H and O–H groups in total. The van der Waals surface area contributed by atoms with Gasteiger partial charge in [0.05, 0.1) is 18.2 Å². The summed E-state index contributed by atoms with van der Waals surface area (Å²) < 4.78 is 29.7. The molecule has 5 nitrogen and oxygen atoms in total. The van der Waals surface area contributed by atoms with Gasteiger partial charge >= 0.3 is 0 Å². The fraction of sp³-hybridized carbons (Fsp3) is 0.188. The van der Waals surface area contributed by atoms with Gasteiger partial charge in [0, 0.05) is 5.56 Å².